The summed E-state index contributed by atoms with van der Waals surface area (Å²) in [6, 6.07) is 5.06. The van der Waals surface area contributed by atoms with E-state index in [-0.39, 0.29) is 12.1 Å². The number of rotatable bonds is 2. The standard InChI is InChI=1S/C12H11Cl2N3O2/c13-8-2-1-6(3-9(8)14)11-16-12(19-17-11)10-4-7(18)5-15-10/h1-3,7,10,15,18H,4-5H2/t7-,10+/m0/s1. The maximum Gasteiger partial charge on any atom is 0.244 e. The molecule has 1 saturated heterocycles. The van der Waals surface area contributed by atoms with Crippen LogP contribution in [-0.2, 0) is 0 Å². The molecule has 0 unspecified atom stereocenters. The van der Waals surface area contributed by atoms with Crippen LogP contribution in [0, 0.1) is 0 Å². The fourth-order valence-corrected chi connectivity index (χ4v) is 2.33. The Morgan fingerprint density at radius 1 is 1.32 bits per heavy atom. The quantitative estimate of drug-likeness (QED) is 0.891. The zero-order valence-corrected chi connectivity index (χ0v) is 11.3. The molecule has 1 aromatic heterocycles. The minimum Gasteiger partial charge on any atom is -0.392 e. The summed E-state index contributed by atoms with van der Waals surface area (Å²) in [7, 11) is 0. The van der Waals surface area contributed by atoms with Gasteiger partial charge in [-0.1, -0.05) is 28.4 Å². The number of aromatic nitrogens is 2. The molecule has 100 valence electrons. The van der Waals surface area contributed by atoms with Gasteiger partial charge in [0.2, 0.25) is 11.7 Å². The van der Waals surface area contributed by atoms with Crippen LogP contribution in [0.4, 0.5) is 0 Å². The van der Waals surface area contributed by atoms with E-state index in [0.717, 1.165) is 5.56 Å². The lowest BCUT2D eigenvalue weighted by Crippen LogP contribution is -2.15. The Bertz CT molecular complexity index is 602. The molecule has 0 aliphatic carbocycles. The van der Waals surface area contributed by atoms with Gasteiger partial charge in [0.15, 0.2) is 0 Å². The van der Waals surface area contributed by atoms with Crippen molar-refractivity contribution in [1.29, 1.82) is 0 Å². The van der Waals surface area contributed by atoms with Crippen LogP contribution in [0.25, 0.3) is 11.4 Å². The predicted molar refractivity (Wildman–Crippen MR) is 71.1 cm³/mol. The number of nitrogens with zero attached hydrogens (tertiary/aromatic N) is 2. The Kier molecular flexibility index (Phi) is 3.45. The van der Waals surface area contributed by atoms with Gasteiger partial charge in [-0.25, -0.2) is 0 Å². The van der Waals surface area contributed by atoms with Gasteiger partial charge in [0.1, 0.15) is 0 Å². The molecule has 0 saturated carbocycles. The van der Waals surface area contributed by atoms with Gasteiger partial charge in [0, 0.05) is 12.1 Å². The Labute approximate surface area is 119 Å². The molecule has 2 heterocycles. The summed E-state index contributed by atoms with van der Waals surface area (Å²) in [6.45, 7) is 0.537. The van der Waals surface area contributed by atoms with Crippen molar-refractivity contribution in [3.63, 3.8) is 0 Å². The van der Waals surface area contributed by atoms with Gasteiger partial charge >= 0.3 is 0 Å². The fraction of sp³-hybridized carbons (Fsp3) is 0.333. The molecule has 1 aliphatic rings. The molecular weight excluding hydrogens is 289 g/mol. The lowest BCUT2D eigenvalue weighted by molar-refractivity contribution is 0.191. The zero-order chi connectivity index (χ0) is 13.4. The van der Waals surface area contributed by atoms with Crippen LogP contribution in [0.2, 0.25) is 10.0 Å². The average Bonchev–Trinajstić information content (AvgIpc) is 3.01. The molecule has 0 radical (unpaired) electrons. The molecule has 1 aliphatic heterocycles. The van der Waals surface area contributed by atoms with Crippen LogP contribution >= 0.6 is 23.2 Å². The van der Waals surface area contributed by atoms with E-state index in [1.54, 1.807) is 18.2 Å². The average molecular weight is 300 g/mol. The Balaban J connectivity index is 1.86. The third kappa shape index (κ3) is 2.60. The van der Waals surface area contributed by atoms with E-state index >= 15 is 0 Å². The summed E-state index contributed by atoms with van der Waals surface area (Å²) < 4.78 is 5.21. The van der Waals surface area contributed by atoms with Gasteiger partial charge in [-0.3, -0.25) is 0 Å². The number of β-amino-alcohol motifs (C(OH)–C–C–N with tert-alkyl or cyclic N) is 1. The van der Waals surface area contributed by atoms with Gasteiger partial charge in [0.25, 0.3) is 0 Å². The zero-order valence-electron chi connectivity index (χ0n) is 9.81. The fourth-order valence-electron chi connectivity index (χ4n) is 2.03. The summed E-state index contributed by atoms with van der Waals surface area (Å²) in [5.74, 6) is 0.925. The smallest absolute Gasteiger partial charge is 0.244 e. The monoisotopic (exact) mass is 299 g/mol. The van der Waals surface area contributed by atoms with Gasteiger partial charge in [-0.15, -0.1) is 0 Å². The molecule has 2 atom stereocenters. The van der Waals surface area contributed by atoms with E-state index in [9.17, 15) is 5.11 Å². The van der Waals surface area contributed by atoms with E-state index in [1.165, 1.54) is 0 Å². The molecular formula is C12H11Cl2N3O2. The number of halogens is 2. The van der Waals surface area contributed by atoms with Crippen molar-refractivity contribution >= 4 is 23.2 Å². The van der Waals surface area contributed by atoms with Crippen molar-refractivity contribution in [2.24, 2.45) is 0 Å². The van der Waals surface area contributed by atoms with Crippen LogP contribution < -0.4 is 5.32 Å². The van der Waals surface area contributed by atoms with Crippen LogP contribution in [0.15, 0.2) is 22.7 Å². The van der Waals surface area contributed by atoms with Crippen molar-refractivity contribution < 1.29 is 9.63 Å². The van der Waals surface area contributed by atoms with Crippen molar-refractivity contribution in [3.8, 4) is 11.4 Å². The minimum absolute atomic E-state index is 0.0981. The van der Waals surface area contributed by atoms with Crippen molar-refractivity contribution in [3.05, 3.63) is 34.1 Å². The Hall–Kier alpha value is -1.14. The van der Waals surface area contributed by atoms with Gasteiger partial charge < -0.3 is 14.9 Å². The second-order valence-corrected chi connectivity index (χ2v) is 5.25. The highest BCUT2D eigenvalue weighted by atomic mass is 35.5. The third-order valence-electron chi connectivity index (χ3n) is 3.03. The first-order valence-corrected chi connectivity index (χ1v) is 6.59. The van der Waals surface area contributed by atoms with Crippen molar-refractivity contribution in [2.45, 2.75) is 18.6 Å². The maximum atomic E-state index is 9.47. The number of nitrogens with one attached hydrogen (secondary N) is 1. The maximum absolute atomic E-state index is 9.47. The third-order valence-corrected chi connectivity index (χ3v) is 3.76. The first-order valence-electron chi connectivity index (χ1n) is 5.84. The van der Waals surface area contributed by atoms with Crippen LogP contribution in [-0.4, -0.2) is 27.9 Å². The Morgan fingerprint density at radius 2 is 2.16 bits per heavy atom. The van der Waals surface area contributed by atoms with E-state index in [1.807, 2.05) is 0 Å². The van der Waals surface area contributed by atoms with Gasteiger partial charge in [-0.05, 0) is 24.6 Å². The molecule has 1 fully saturated rings. The Morgan fingerprint density at radius 3 is 2.84 bits per heavy atom. The van der Waals surface area contributed by atoms with Crippen LogP contribution in [0.1, 0.15) is 18.4 Å². The number of aliphatic hydroxyl groups excluding tert-OH is 1. The molecule has 1 aromatic carbocycles. The second kappa shape index (κ2) is 5.09. The number of aliphatic hydroxyl groups is 1. The van der Waals surface area contributed by atoms with Crippen molar-refractivity contribution in [1.82, 2.24) is 15.5 Å². The van der Waals surface area contributed by atoms with Crippen LogP contribution in [0.5, 0.6) is 0 Å². The van der Waals surface area contributed by atoms with E-state index < -0.39 is 0 Å². The molecule has 2 N–H and O–H groups in total. The normalized spacial score (nSPS) is 22.9. The summed E-state index contributed by atoms with van der Waals surface area (Å²) in [5.41, 5.74) is 0.739. The number of hydrogen-bond donors (Lipinski definition) is 2. The molecule has 7 heteroatoms. The summed E-state index contributed by atoms with van der Waals surface area (Å²) in [6.07, 6.45) is 0.202. The van der Waals surface area contributed by atoms with E-state index in [0.29, 0.717) is 34.7 Å². The first-order chi connectivity index (χ1) is 9.13. The molecule has 3 rings (SSSR count). The minimum atomic E-state index is -0.370. The van der Waals surface area contributed by atoms with Gasteiger partial charge in [-0.2, -0.15) is 4.98 Å². The highest BCUT2D eigenvalue weighted by Gasteiger charge is 2.28. The second-order valence-electron chi connectivity index (χ2n) is 4.44. The first kappa shape index (κ1) is 12.9. The van der Waals surface area contributed by atoms with Crippen molar-refractivity contribution in [2.75, 3.05) is 6.54 Å². The number of hydrogen-bond acceptors (Lipinski definition) is 5. The molecule has 2 aromatic rings. The molecule has 0 spiro atoms. The van der Waals surface area contributed by atoms with Crippen LogP contribution in [0.3, 0.4) is 0 Å². The summed E-state index contributed by atoms with van der Waals surface area (Å²) >= 11 is 11.8. The lowest BCUT2D eigenvalue weighted by Gasteiger charge is -2.01. The molecule has 0 bridgehead atoms. The SMILES string of the molecule is O[C@@H]1CN[C@@H](c2nc(-c3ccc(Cl)c(Cl)c3)no2)C1. The molecule has 0 amide bonds. The van der Waals surface area contributed by atoms with E-state index in [4.69, 9.17) is 27.7 Å². The topological polar surface area (TPSA) is 71.2 Å². The number of benzene rings is 1. The predicted octanol–water partition coefficient (Wildman–Crippen LogP) is 2.44. The van der Waals surface area contributed by atoms with Gasteiger partial charge in [0.05, 0.1) is 22.2 Å². The highest BCUT2D eigenvalue weighted by molar-refractivity contribution is 6.42. The lowest BCUT2D eigenvalue weighted by atomic mass is 10.2. The molecule has 19 heavy (non-hydrogen) atoms. The van der Waals surface area contributed by atoms with E-state index in [2.05, 4.69) is 15.5 Å². The highest BCUT2D eigenvalue weighted by Crippen LogP contribution is 2.28. The largest absolute Gasteiger partial charge is 0.392 e. The molecule has 5 nitrogen and oxygen atoms in total. The summed E-state index contributed by atoms with van der Waals surface area (Å²) in [5, 5.41) is 17.4. The summed E-state index contributed by atoms with van der Waals surface area (Å²) in [4.78, 5) is 4.31.